The number of aliphatic hydroxyl groups excluding tert-OH is 1. The van der Waals surface area contributed by atoms with Crippen LogP contribution in [0.25, 0.3) is 0 Å². The Morgan fingerprint density at radius 2 is 1.43 bits per heavy atom. The predicted octanol–water partition coefficient (Wildman–Crippen LogP) is -0.633. The van der Waals surface area contributed by atoms with Crippen LogP contribution in [-0.2, 0) is 21.1 Å². The van der Waals surface area contributed by atoms with E-state index in [1.54, 1.807) is 0 Å². The molecule has 0 rings (SSSR count). The molecule has 1 N–H and O–H groups in total. The summed E-state index contributed by atoms with van der Waals surface area (Å²) in [5.74, 6) is 0. The fraction of sp³-hybridized carbons (Fsp3) is 1.00. The quantitative estimate of drug-likeness (QED) is 0.475. The molecule has 0 heterocycles. The molecular formula is CH4NO4Pt-. The smallest absolute Gasteiger partial charge is 0.0689 e. The standard InChI is InChI=1S/CH4O.NO3.Pt/c1-2;2-1(3)4;/h2H,1H3;;/q;-1;. The molecule has 0 saturated carbocycles. The maximum Gasteiger partial charge on any atom is 0.0689 e. The largest absolute Gasteiger partial charge is 0.400 e. The number of aliphatic hydroxyl groups is 1. The Labute approximate surface area is 54.3 Å². The van der Waals surface area contributed by atoms with Crippen LogP contribution in [0.4, 0.5) is 0 Å². The van der Waals surface area contributed by atoms with E-state index in [4.69, 9.17) is 20.4 Å². The summed E-state index contributed by atoms with van der Waals surface area (Å²) in [5, 5.41) is 21.8. The van der Waals surface area contributed by atoms with Crippen LogP contribution in [-0.4, -0.2) is 17.3 Å². The van der Waals surface area contributed by atoms with Crippen LogP contribution in [0.1, 0.15) is 0 Å². The van der Waals surface area contributed by atoms with Crippen LogP contribution in [0.5, 0.6) is 0 Å². The summed E-state index contributed by atoms with van der Waals surface area (Å²) in [7, 11) is 1.00. The molecule has 0 aliphatic carbocycles. The van der Waals surface area contributed by atoms with E-state index in [0.717, 1.165) is 7.11 Å². The Kier molecular flexibility index (Phi) is 38.3. The Bertz CT molecular complexity index is 34.7. The monoisotopic (exact) mass is 289 g/mol. The molecule has 0 amide bonds. The summed E-state index contributed by atoms with van der Waals surface area (Å²) in [4.78, 5) is 8.25. The third-order valence-electron chi connectivity index (χ3n) is 0. The molecule has 0 fully saturated rings. The molecule has 0 saturated heterocycles. The Balaban J connectivity index is -0.0000000480. The molecule has 0 aromatic heterocycles. The maximum absolute atomic E-state index is 8.25. The topological polar surface area (TPSA) is 86.4 Å². The molecule has 0 aliphatic heterocycles. The van der Waals surface area contributed by atoms with Crippen molar-refractivity contribution in [2.75, 3.05) is 7.11 Å². The van der Waals surface area contributed by atoms with Crippen LogP contribution in [0.2, 0.25) is 0 Å². The van der Waals surface area contributed by atoms with E-state index in [0.29, 0.717) is 0 Å². The number of hydrogen-bond donors (Lipinski definition) is 1. The summed E-state index contributed by atoms with van der Waals surface area (Å²) in [6.07, 6.45) is 0. The van der Waals surface area contributed by atoms with Gasteiger partial charge in [-0.1, -0.05) is 0 Å². The van der Waals surface area contributed by atoms with Gasteiger partial charge in [0.05, 0.1) is 5.09 Å². The van der Waals surface area contributed by atoms with Crippen molar-refractivity contribution >= 4 is 0 Å². The van der Waals surface area contributed by atoms with Crippen molar-refractivity contribution in [2.24, 2.45) is 0 Å². The summed E-state index contributed by atoms with van der Waals surface area (Å²) in [6.45, 7) is 0. The van der Waals surface area contributed by atoms with Crippen LogP contribution >= 0.6 is 0 Å². The number of nitrogens with zero attached hydrogens (tertiary/aromatic N) is 1. The van der Waals surface area contributed by atoms with E-state index in [-0.39, 0.29) is 21.1 Å². The molecule has 48 valence electrons. The Morgan fingerprint density at radius 1 is 1.43 bits per heavy atom. The second-order valence-electron chi connectivity index (χ2n) is 0.224. The minimum Gasteiger partial charge on any atom is -0.400 e. The van der Waals surface area contributed by atoms with Gasteiger partial charge in [0, 0.05) is 28.2 Å². The van der Waals surface area contributed by atoms with Gasteiger partial charge in [-0.3, -0.25) is 0 Å². The van der Waals surface area contributed by atoms with E-state index < -0.39 is 5.09 Å². The first-order valence-electron chi connectivity index (χ1n) is 0.995. The molecule has 0 aromatic carbocycles. The Hall–Kier alpha value is -0.152. The first-order chi connectivity index (χ1) is 2.73. The summed E-state index contributed by atoms with van der Waals surface area (Å²) >= 11 is 0. The van der Waals surface area contributed by atoms with Crippen molar-refractivity contribution < 1.29 is 31.3 Å². The minimum absolute atomic E-state index is 0. The first-order valence-corrected chi connectivity index (χ1v) is 0.995. The van der Waals surface area contributed by atoms with Crippen molar-refractivity contribution in [3.8, 4) is 0 Å². The molecular weight excluding hydrogens is 285 g/mol. The van der Waals surface area contributed by atoms with Crippen molar-refractivity contribution in [3.63, 3.8) is 0 Å². The summed E-state index contributed by atoms with van der Waals surface area (Å²) in [6, 6.07) is 0. The van der Waals surface area contributed by atoms with Gasteiger partial charge in [-0.15, -0.1) is 0 Å². The van der Waals surface area contributed by atoms with E-state index in [1.165, 1.54) is 0 Å². The molecule has 5 nitrogen and oxygen atoms in total. The SMILES string of the molecule is CO.O=[N+]([O-])[O-].[Pt]. The molecule has 0 spiro atoms. The van der Waals surface area contributed by atoms with Gasteiger partial charge in [0.15, 0.2) is 0 Å². The molecule has 0 unspecified atom stereocenters. The number of rotatable bonds is 0. The Morgan fingerprint density at radius 3 is 1.43 bits per heavy atom. The van der Waals surface area contributed by atoms with Gasteiger partial charge >= 0.3 is 0 Å². The normalized spacial score (nSPS) is 4.29. The van der Waals surface area contributed by atoms with E-state index in [9.17, 15) is 0 Å². The zero-order valence-corrected chi connectivity index (χ0v) is 5.71. The van der Waals surface area contributed by atoms with Crippen LogP contribution < -0.4 is 0 Å². The zero-order valence-electron chi connectivity index (χ0n) is 3.44. The van der Waals surface area contributed by atoms with Gasteiger partial charge in [-0.2, -0.15) is 0 Å². The van der Waals surface area contributed by atoms with Crippen molar-refractivity contribution in [1.82, 2.24) is 0 Å². The summed E-state index contributed by atoms with van der Waals surface area (Å²) < 4.78 is 0. The minimum atomic E-state index is -1.75. The van der Waals surface area contributed by atoms with Crippen LogP contribution in [0.15, 0.2) is 0 Å². The molecule has 0 atom stereocenters. The van der Waals surface area contributed by atoms with Crippen LogP contribution in [0, 0.1) is 15.3 Å². The van der Waals surface area contributed by atoms with Gasteiger partial charge in [-0.05, 0) is 0 Å². The maximum atomic E-state index is 8.25. The molecule has 0 aromatic rings. The molecule has 0 bridgehead atoms. The van der Waals surface area contributed by atoms with Gasteiger partial charge in [0.2, 0.25) is 0 Å². The van der Waals surface area contributed by atoms with E-state index in [1.807, 2.05) is 0 Å². The fourth-order valence-corrected chi connectivity index (χ4v) is 0. The summed E-state index contributed by atoms with van der Waals surface area (Å²) in [5.41, 5.74) is 0. The van der Waals surface area contributed by atoms with E-state index >= 15 is 0 Å². The average molecular weight is 289 g/mol. The zero-order chi connectivity index (χ0) is 5.58. The van der Waals surface area contributed by atoms with Crippen LogP contribution in [0.3, 0.4) is 0 Å². The average Bonchev–Trinajstić information content (AvgIpc) is 1.41. The van der Waals surface area contributed by atoms with E-state index in [2.05, 4.69) is 0 Å². The van der Waals surface area contributed by atoms with Crippen molar-refractivity contribution in [1.29, 1.82) is 0 Å². The third kappa shape index (κ3) is 3760. The van der Waals surface area contributed by atoms with Gasteiger partial charge in [0.25, 0.3) is 0 Å². The molecule has 6 heteroatoms. The number of hydrogen-bond acceptors (Lipinski definition) is 4. The second-order valence-corrected chi connectivity index (χ2v) is 0.224. The third-order valence-corrected chi connectivity index (χ3v) is 0. The van der Waals surface area contributed by atoms with Crippen molar-refractivity contribution in [2.45, 2.75) is 0 Å². The predicted molar refractivity (Wildman–Crippen MR) is 18.5 cm³/mol. The van der Waals surface area contributed by atoms with Gasteiger partial charge < -0.3 is 20.4 Å². The van der Waals surface area contributed by atoms with Gasteiger partial charge in [-0.25, -0.2) is 0 Å². The molecule has 0 aliphatic rings. The van der Waals surface area contributed by atoms with Gasteiger partial charge in [0.1, 0.15) is 0 Å². The molecule has 0 radical (unpaired) electrons. The fourth-order valence-electron chi connectivity index (χ4n) is 0. The second kappa shape index (κ2) is 16.9. The first kappa shape index (κ1) is 15.8. The molecule has 7 heavy (non-hydrogen) atoms. The van der Waals surface area contributed by atoms with Crippen molar-refractivity contribution in [3.05, 3.63) is 15.3 Å².